The summed E-state index contributed by atoms with van der Waals surface area (Å²) in [5.41, 5.74) is 2.81. The van der Waals surface area contributed by atoms with Crippen LogP contribution in [0.25, 0.3) is 0 Å². The molecule has 4 heteroatoms. The van der Waals surface area contributed by atoms with Crippen LogP contribution in [-0.4, -0.2) is 24.1 Å². The number of hydrogen-bond donors (Lipinski definition) is 0. The predicted octanol–water partition coefficient (Wildman–Crippen LogP) is 4.43. The van der Waals surface area contributed by atoms with Crippen molar-refractivity contribution >= 4 is 17.5 Å². The molecule has 0 radical (unpaired) electrons. The summed E-state index contributed by atoms with van der Waals surface area (Å²) >= 11 is 0. The number of Topliss-reactive ketones (excluding diaryl/α,β-unsaturated/α-hetero) is 2. The monoisotopic (exact) mass is 384 g/mol. The van der Waals surface area contributed by atoms with E-state index in [1.54, 1.807) is 0 Å². The molecule has 28 heavy (non-hydrogen) atoms. The molecule has 0 heterocycles. The number of esters is 1. The zero-order valence-electron chi connectivity index (χ0n) is 17.5. The Bertz CT molecular complexity index is 790. The average Bonchev–Trinajstić information content (AvgIpc) is 2.90. The second kappa shape index (κ2) is 6.67. The van der Waals surface area contributed by atoms with Crippen LogP contribution in [0.3, 0.4) is 0 Å². The molecule has 0 N–H and O–H groups in total. The number of fused-ring (bicyclic) bond motifs is 5. The van der Waals surface area contributed by atoms with Crippen molar-refractivity contribution in [2.24, 2.45) is 34.5 Å². The van der Waals surface area contributed by atoms with E-state index in [1.807, 2.05) is 0 Å². The van der Waals surface area contributed by atoms with E-state index < -0.39 is 5.97 Å². The average molecular weight is 385 g/mol. The maximum atomic E-state index is 13.0. The van der Waals surface area contributed by atoms with Gasteiger partial charge in [-0.05, 0) is 48.9 Å². The topological polar surface area (TPSA) is 60.4 Å². The van der Waals surface area contributed by atoms with Gasteiger partial charge in [0.1, 0.15) is 12.4 Å². The summed E-state index contributed by atoms with van der Waals surface area (Å²) in [6.45, 7) is 8.04. The molecule has 0 aromatic rings. The molecule has 2 fully saturated rings. The zero-order valence-corrected chi connectivity index (χ0v) is 17.5. The molecular weight excluding hydrogens is 352 g/mol. The summed E-state index contributed by atoms with van der Waals surface area (Å²) in [7, 11) is 0. The second-order valence-electron chi connectivity index (χ2n) is 10.0. The van der Waals surface area contributed by atoms with Crippen LogP contribution in [0.15, 0.2) is 23.3 Å². The molecule has 4 aliphatic carbocycles. The van der Waals surface area contributed by atoms with Gasteiger partial charge in [-0.3, -0.25) is 14.4 Å². The van der Waals surface area contributed by atoms with Crippen LogP contribution in [-0.2, 0) is 19.1 Å². The van der Waals surface area contributed by atoms with E-state index in [4.69, 9.17) is 4.74 Å². The standard InChI is InChI=1S/C24H32O4/c1-14-11-20-18-6-5-16-12-17(26)7-9-23(16,3)19(18)8-10-24(20,4)22(14)21(27)13-28-15(2)25/h5,8,14,18,20,22H,6-7,9-13H2,1-4H3/t14-,18?,20?,22-,23+,24+/m1/s1. The molecule has 0 bridgehead atoms. The van der Waals surface area contributed by atoms with Crippen LogP contribution in [0.5, 0.6) is 0 Å². The van der Waals surface area contributed by atoms with Gasteiger partial charge in [0.15, 0.2) is 5.78 Å². The smallest absolute Gasteiger partial charge is 0.303 e. The van der Waals surface area contributed by atoms with Crippen LogP contribution in [0.4, 0.5) is 0 Å². The first-order valence-corrected chi connectivity index (χ1v) is 10.7. The Balaban J connectivity index is 1.64. The highest BCUT2D eigenvalue weighted by molar-refractivity contribution is 5.86. The number of carbonyl (C=O) groups excluding carboxylic acids is 3. The molecule has 4 nitrogen and oxygen atoms in total. The predicted molar refractivity (Wildman–Crippen MR) is 106 cm³/mol. The number of allylic oxidation sites excluding steroid dienone is 4. The first-order valence-electron chi connectivity index (χ1n) is 10.7. The summed E-state index contributed by atoms with van der Waals surface area (Å²) in [6.07, 6.45) is 9.91. The van der Waals surface area contributed by atoms with E-state index in [9.17, 15) is 14.4 Å². The normalized spacial score (nSPS) is 41.9. The quantitative estimate of drug-likeness (QED) is 0.533. The molecule has 2 unspecified atom stereocenters. The third-order valence-corrected chi connectivity index (χ3v) is 8.42. The van der Waals surface area contributed by atoms with E-state index in [1.165, 1.54) is 18.1 Å². The van der Waals surface area contributed by atoms with Gasteiger partial charge >= 0.3 is 5.97 Å². The van der Waals surface area contributed by atoms with Crippen molar-refractivity contribution in [3.8, 4) is 0 Å². The van der Waals surface area contributed by atoms with Crippen LogP contribution in [0.2, 0.25) is 0 Å². The van der Waals surface area contributed by atoms with Gasteiger partial charge in [-0.15, -0.1) is 0 Å². The van der Waals surface area contributed by atoms with E-state index in [0.29, 0.717) is 36.4 Å². The Morgan fingerprint density at radius 1 is 1.25 bits per heavy atom. The lowest BCUT2D eigenvalue weighted by Gasteiger charge is -2.52. The minimum atomic E-state index is -0.392. The third-order valence-electron chi connectivity index (χ3n) is 8.42. The molecule has 0 aromatic carbocycles. The SMILES string of the molecule is CC(=O)OCC(=O)[C@H]1[C@H](C)CC2C3CC=C4CC(=O)CC[C@]4(C)C3=CC[C@@]21C. The summed E-state index contributed by atoms with van der Waals surface area (Å²) in [5, 5.41) is 0. The zero-order chi connectivity index (χ0) is 20.3. The first-order chi connectivity index (χ1) is 13.2. The molecule has 6 atom stereocenters. The summed E-state index contributed by atoms with van der Waals surface area (Å²) < 4.78 is 5.05. The Morgan fingerprint density at radius 2 is 2.00 bits per heavy atom. The second-order valence-corrected chi connectivity index (χ2v) is 10.0. The Hall–Kier alpha value is -1.71. The third kappa shape index (κ3) is 2.83. The number of hydrogen-bond acceptors (Lipinski definition) is 4. The fourth-order valence-electron chi connectivity index (χ4n) is 7.10. The highest BCUT2D eigenvalue weighted by Gasteiger charge is 2.59. The summed E-state index contributed by atoms with van der Waals surface area (Å²) in [4.78, 5) is 36.1. The van der Waals surface area contributed by atoms with Crippen molar-refractivity contribution in [2.75, 3.05) is 6.61 Å². The van der Waals surface area contributed by atoms with Gasteiger partial charge in [0.25, 0.3) is 0 Å². The lowest BCUT2D eigenvalue weighted by Crippen LogP contribution is -2.45. The molecule has 152 valence electrons. The van der Waals surface area contributed by atoms with E-state index in [-0.39, 0.29) is 29.1 Å². The molecule has 2 saturated carbocycles. The molecule has 0 aliphatic heterocycles. The number of carbonyl (C=O) groups is 3. The maximum absolute atomic E-state index is 13.0. The van der Waals surface area contributed by atoms with Crippen LogP contribution in [0.1, 0.15) is 66.2 Å². The number of rotatable bonds is 3. The van der Waals surface area contributed by atoms with E-state index in [2.05, 4.69) is 32.9 Å². The van der Waals surface area contributed by atoms with Gasteiger partial charge in [0.05, 0.1) is 0 Å². The van der Waals surface area contributed by atoms with Crippen LogP contribution < -0.4 is 0 Å². The molecule has 4 aliphatic rings. The fourth-order valence-corrected chi connectivity index (χ4v) is 7.10. The van der Waals surface area contributed by atoms with Crippen LogP contribution in [0, 0.1) is 34.5 Å². The van der Waals surface area contributed by atoms with Crippen molar-refractivity contribution in [1.29, 1.82) is 0 Å². The molecule has 0 spiro atoms. The van der Waals surface area contributed by atoms with Crippen molar-refractivity contribution in [3.05, 3.63) is 23.3 Å². The molecular formula is C24H32O4. The minimum absolute atomic E-state index is 0.0290. The van der Waals surface area contributed by atoms with Crippen molar-refractivity contribution in [2.45, 2.75) is 66.2 Å². The van der Waals surface area contributed by atoms with Gasteiger partial charge in [-0.25, -0.2) is 0 Å². The number of ether oxygens (including phenoxy) is 1. The summed E-state index contributed by atoms with van der Waals surface area (Å²) in [6, 6.07) is 0. The van der Waals surface area contributed by atoms with E-state index in [0.717, 1.165) is 25.7 Å². The van der Waals surface area contributed by atoms with E-state index >= 15 is 0 Å². The fraction of sp³-hybridized carbons (Fsp3) is 0.708. The number of ketones is 2. The summed E-state index contributed by atoms with van der Waals surface area (Å²) in [5.74, 6) is 1.24. The Kier molecular flexibility index (Phi) is 4.67. The lowest BCUT2D eigenvalue weighted by atomic mass is 9.51. The largest absolute Gasteiger partial charge is 0.458 e. The first kappa shape index (κ1) is 19.6. The van der Waals surface area contributed by atoms with Gasteiger partial charge in [-0.1, -0.05) is 44.1 Å². The minimum Gasteiger partial charge on any atom is -0.458 e. The highest BCUT2D eigenvalue weighted by atomic mass is 16.5. The maximum Gasteiger partial charge on any atom is 0.303 e. The van der Waals surface area contributed by atoms with Crippen molar-refractivity contribution < 1.29 is 19.1 Å². The van der Waals surface area contributed by atoms with Gasteiger partial charge in [0, 0.05) is 31.1 Å². The Labute approximate surface area is 167 Å². The van der Waals surface area contributed by atoms with Gasteiger partial charge < -0.3 is 4.74 Å². The van der Waals surface area contributed by atoms with Crippen molar-refractivity contribution in [1.82, 2.24) is 0 Å². The molecule has 0 aromatic heterocycles. The van der Waals surface area contributed by atoms with Gasteiger partial charge in [-0.2, -0.15) is 0 Å². The Morgan fingerprint density at radius 3 is 2.71 bits per heavy atom. The molecule has 0 saturated heterocycles. The van der Waals surface area contributed by atoms with Gasteiger partial charge in [0.2, 0.25) is 0 Å². The highest BCUT2D eigenvalue weighted by Crippen LogP contribution is 2.65. The lowest BCUT2D eigenvalue weighted by molar-refractivity contribution is -0.148. The van der Waals surface area contributed by atoms with Crippen LogP contribution >= 0.6 is 0 Å². The van der Waals surface area contributed by atoms with Crippen molar-refractivity contribution in [3.63, 3.8) is 0 Å². The molecule has 0 amide bonds. The molecule has 4 rings (SSSR count).